The van der Waals surface area contributed by atoms with Gasteiger partial charge in [0.05, 0.1) is 0 Å². The molecule has 2 heterocycles. The first-order valence-electron chi connectivity index (χ1n) is 8.77. The third-order valence-electron chi connectivity index (χ3n) is 4.77. The number of piperidine rings is 1. The minimum absolute atomic E-state index is 0.135. The van der Waals surface area contributed by atoms with Crippen molar-refractivity contribution >= 4 is 23.4 Å². The lowest BCUT2D eigenvalue weighted by Gasteiger charge is -2.29. The van der Waals surface area contributed by atoms with Crippen LogP contribution < -0.4 is 10.6 Å². The molecule has 25 heavy (non-hydrogen) atoms. The van der Waals surface area contributed by atoms with Gasteiger partial charge in [-0.1, -0.05) is 26.8 Å². The first-order chi connectivity index (χ1) is 11.8. The quantitative estimate of drug-likeness (QED) is 0.822. The van der Waals surface area contributed by atoms with Crippen LogP contribution in [0.25, 0.3) is 0 Å². The second kappa shape index (κ2) is 6.50. The molecule has 2 aliphatic heterocycles. The SMILES string of the molecule is CC(C)(C)CCNc1cccc2c1CN(C1CCC(=O)NC1=O)C2=O. The van der Waals surface area contributed by atoms with E-state index in [2.05, 4.69) is 31.4 Å². The number of carbonyl (C=O) groups excluding carboxylic acids is 3. The van der Waals surface area contributed by atoms with Crippen LogP contribution in [0.3, 0.4) is 0 Å². The number of nitrogens with zero attached hydrogens (tertiary/aromatic N) is 1. The van der Waals surface area contributed by atoms with Gasteiger partial charge in [0.15, 0.2) is 0 Å². The molecule has 1 unspecified atom stereocenters. The molecule has 0 bridgehead atoms. The summed E-state index contributed by atoms with van der Waals surface area (Å²) in [4.78, 5) is 37.8. The molecule has 1 aromatic rings. The Kier molecular flexibility index (Phi) is 4.54. The lowest BCUT2D eigenvalue weighted by Crippen LogP contribution is -2.52. The van der Waals surface area contributed by atoms with E-state index in [4.69, 9.17) is 0 Å². The monoisotopic (exact) mass is 343 g/mol. The van der Waals surface area contributed by atoms with Gasteiger partial charge in [-0.15, -0.1) is 0 Å². The largest absolute Gasteiger partial charge is 0.385 e. The van der Waals surface area contributed by atoms with Crippen LogP contribution in [0.2, 0.25) is 0 Å². The summed E-state index contributed by atoms with van der Waals surface area (Å²) < 4.78 is 0. The van der Waals surface area contributed by atoms with Crippen molar-refractivity contribution in [2.75, 3.05) is 11.9 Å². The average molecular weight is 343 g/mol. The molecule has 0 aromatic heterocycles. The molecule has 0 aliphatic carbocycles. The zero-order valence-corrected chi connectivity index (χ0v) is 15.0. The van der Waals surface area contributed by atoms with E-state index in [-0.39, 0.29) is 29.6 Å². The number of rotatable bonds is 4. The summed E-state index contributed by atoms with van der Waals surface area (Å²) in [6.45, 7) is 7.81. The van der Waals surface area contributed by atoms with Crippen molar-refractivity contribution in [3.05, 3.63) is 29.3 Å². The van der Waals surface area contributed by atoms with E-state index in [1.165, 1.54) is 0 Å². The number of carbonyl (C=O) groups is 3. The highest BCUT2D eigenvalue weighted by molar-refractivity contribution is 6.06. The Bertz CT molecular complexity index is 721. The highest BCUT2D eigenvalue weighted by Crippen LogP contribution is 2.32. The van der Waals surface area contributed by atoms with E-state index in [1.807, 2.05) is 12.1 Å². The van der Waals surface area contributed by atoms with Crippen molar-refractivity contribution in [1.29, 1.82) is 0 Å². The van der Waals surface area contributed by atoms with Gasteiger partial charge in [-0.05, 0) is 30.4 Å². The molecule has 2 N–H and O–H groups in total. The Morgan fingerprint density at radius 3 is 2.68 bits per heavy atom. The van der Waals surface area contributed by atoms with Gasteiger partial charge in [0.1, 0.15) is 6.04 Å². The third-order valence-corrected chi connectivity index (χ3v) is 4.77. The second-order valence-corrected chi connectivity index (χ2v) is 7.97. The van der Waals surface area contributed by atoms with Gasteiger partial charge >= 0.3 is 0 Å². The topological polar surface area (TPSA) is 78.5 Å². The Balaban J connectivity index is 1.76. The summed E-state index contributed by atoms with van der Waals surface area (Å²) in [7, 11) is 0. The van der Waals surface area contributed by atoms with E-state index in [9.17, 15) is 14.4 Å². The van der Waals surface area contributed by atoms with Gasteiger partial charge in [-0.3, -0.25) is 19.7 Å². The molecule has 3 rings (SSSR count). The second-order valence-electron chi connectivity index (χ2n) is 7.97. The molecular weight excluding hydrogens is 318 g/mol. The minimum atomic E-state index is -0.569. The van der Waals surface area contributed by atoms with Gasteiger partial charge in [0, 0.05) is 36.3 Å². The molecular formula is C19H25N3O3. The number of anilines is 1. The molecule has 0 radical (unpaired) electrons. The first-order valence-corrected chi connectivity index (χ1v) is 8.77. The Hall–Kier alpha value is -2.37. The van der Waals surface area contributed by atoms with Crippen molar-refractivity contribution in [3.63, 3.8) is 0 Å². The lowest BCUT2D eigenvalue weighted by molar-refractivity contribution is -0.136. The Morgan fingerprint density at radius 1 is 1.24 bits per heavy atom. The highest BCUT2D eigenvalue weighted by Gasteiger charge is 2.39. The average Bonchev–Trinajstić information content (AvgIpc) is 2.84. The standard InChI is InChI=1S/C19H25N3O3/c1-19(2,3)9-10-20-14-6-4-5-12-13(14)11-22(18(12)25)15-7-8-16(23)21-17(15)24/h4-6,15,20H,7-11H2,1-3H3,(H,21,23,24). The summed E-state index contributed by atoms with van der Waals surface area (Å²) in [5.41, 5.74) is 2.76. The zero-order valence-electron chi connectivity index (χ0n) is 15.0. The van der Waals surface area contributed by atoms with Crippen LogP contribution in [0, 0.1) is 5.41 Å². The fraction of sp³-hybridized carbons (Fsp3) is 0.526. The van der Waals surface area contributed by atoms with Crippen LogP contribution >= 0.6 is 0 Å². The molecule has 2 aliphatic rings. The minimum Gasteiger partial charge on any atom is -0.385 e. The summed E-state index contributed by atoms with van der Waals surface area (Å²) in [6.07, 6.45) is 1.67. The van der Waals surface area contributed by atoms with E-state index in [0.29, 0.717) is 18.5 Å². The fourth-order valence-corrected chi connectivity index (χ4v) is 3.32. The van der Waals surface area contributed by atoms with E-state index in [1.54, 1.807) is 11.0 Å². The predicted octanol–water partition coefficient (Wildman–Crippen LogP) is 2.30. The van der Waals surface area contributed by atoms with Gasteiger partial charge in [0.25, 0.3) is 5.91 Å². The number of hydrogen-bond acceptors (Lipinski definition) is 4. The smallest absolute Gasteiger partial charge is 0.255 e. The van der Waals surface area contributed by atoms with E-state index in [0.717, 1.165) is 24.2 Å². The van der Waals surface area contributed by atoms with Gasteiger partial charge < -0.3 is 10.2 Å². The van der Waals surface area contributed by atoms with Gasteiger partial charge in [-0.25, -0.2) is 0 Å². The van der Waals surface area contributed by atoms with Crippen molar-refractivity contribution in [2.24, 2.45) is 5.41 Å². The number of amides is 3. The number of benzene rings is 1. The van der Waals surface area contributed by atoms with E-state index < -0.39 is 6.04 Å². The number of fused-ring (bicyclic) bond motifs is 1. The Labute approximate surface area is 148 Å². The molecule has 3 amide bonds. The third kappa shape index (κ3) is 3.67. The van der Waals surface area contributed by atoms with Crippen LogP contribution in [-0.4, -0.2) is 35.2 Å². The normalized spacial score (nSPS) is 20.5. The van der Waals surface area contributed by atoms with Crippen LogP contribution in [-0.2, 0) is 16.1 Å². The molecule has 6 heteroatoms. The maximum absolute atomic E-state index is 12.7. The van der Waals surface area contributed by atoms with Gasteiger partial charge in [-0.2, -0.15) is 0 Å². The van der Waals surface area contributed by atoms with Gasteiger partial charge in [0.2, 0.25) is 11.8 Å². The summed E-state index contributed by atoms with van der Waals surface area (Å²) >= 11 is 0. The zero-order chi connectivity index (χ0) is 18.2. The molecule has 134 valence electrons. The Morgan fingerprint density at radius 2 is 2.00 bits per heavy atom. The summed E-state index contributed by atoms with van der Waals surface area (Å²) in [5.74, 6) is -0.779. The maximum atomic E-state index is 12.7. The number of nitrogens with one attached hydrogen (secondary N) is 2. The highest BCUT2D eigenvalue weighted by atomic mass is 16.2. The summed E-state index contributed by atoms with van der Waals surface area (Å²) in [5, 5.41) is 5.76. The molecule has 1 saturated heterocycles. The lowest BCUT2D eigenvalue weighted by atomic mass is 9.92. The molecule has 1 fully saturated rings. The summed E-state index contributed by atoms with van der Waals surface area (Å²) in [6, 6.07) is 5.07. The van der Waals surface area contributed by atoms with Crippen LogP contribution in [0.4, 0.5) is 5.69 Å². The van der Waals surface area contributed by atoms with E-state index >= 15 is 0 Å². The van der Waals surface area contributed by atoms with Crippen molar-refractivity contribution in [1.82, 2.24) is 10.2 Å². The van der Waals surface area contributed by atoms with Crippen LogP contribution in [0.5, 0.6) is 0 Å². The van der Waals surface area contributed by atoms with Crippen molar-refractivity contribution < 1.29 is 14.4 Å². The number of hydrogen-bond donors (Lipinski definition) is 2. The maximum Gasteiger partial charge on any atom is 0.255 e. The first kappa shape index (κ1) is 17.5. The molecule has 0 saturated carbocycles. The molecule has 1 aromatic carbocycles. The number of imide groups is 1. The molecule has 1 atom stereocenters. The van der Waals surface area contributed by atoms with Crippen LogP contribution in [0.1, 0.15) is 56.0 Å². The van der Waals surface area contributed by atoms with Crippen molar-refractivity contribution in [2.45, 2.75) is 52.6 Å². The van der Waals surface area contributed by atoms with Crippen molar-refractivity contribution in [3.8, 4) is 0 Å². The molecule has 0 spiro atoms. The van der Waals surface area contributed by atoms with Crippen LogP contribution in [0.15, 0.2) is 18.2 Å². The fourth-order valence-electron chi connectivity index (χ4n) is 3.32. The molecule has 6 nitrogen and oxygen atoms in total. The predicted molar refractivity (Wildman–Crippen MR) is 95.0 cm³/mol.